The number of hydrogen-bond donors (Lipinski definition) is 0. The molecule has 3 aromatic heterocycles. The fourth-order valence-corrected chi connectivity index (χ4v) is 9.01. The minimum atomic E-state index is 0.0000253. The van der Waals surface area contributed by atoms with Gasteiger partial charge in [0.25, 0.3) is 0 Å². The van der Waals surface area contributed by atoms with Gasteiger partial charge in [0.1, 0.15) is 0 Å². The first-order valence-electron chi connectivity index (χ1n) is 21.8. The van der Waals surface area contributed by atoms with E-state index in [1.165, 1.54) is 0 Å². The number of hydrogen-bond acceptors (Lipinski definition) is 7. The van der Waals surface area contributed by atoms with E-state index < -0.39 is 0 Å². The molecule has 6 aromatic rings. The lowest BCUT2D eigenvalue weighted by molar-refractivity contribution is 0.00712. The van der Waals surface area contributed by atoms with Crippen LogP contribution in [0.2, 0.25) is 0 Å². The van der Waals surface area contributed by atoms with Gasteiger partial charge >= 0.3 is 0 Å². The molecule has 308 valence electrons. The topological polar surface area (TPSA) is 69.6 Å². The Balaban J connectivity index is 1.06. The van der Waals surface area contributed by atoms with Crippen molar-refractivity contribution in [3.8, 4) is 0 Å². The maximum Gasteiger partial charge on any atom is 0.0884 e. The van der Waals surface area contributed by atoms with Crippen molar-refractivity contribution in [2.24, 2.45) is 0 Å². The Morgan fingerprint density at radius 2 is 0.689 bits per heavy atom. The molecule has 61 heavy (non-hydrogen) atoms. The summed E-state index contributed by atoms with van der Waals surface area (Å²) in [4.78, 5) is 16.9. The third kappa shape index (κ3) is 8.38. The average Bonchev–Trinajstić information content (AvgIpc) is 3.27. The highest BCUT2D eigenvalue weighted by molar-refractivity contribution is 5.87. The van der Waals surface area contributed by atoms with E-state index in [9.17, 15) is 0 Å². The number of benzene rings is 3. The van der Waals surface area contributed by atoms with Crippen LogP contribution in [0, 0.1) is 0 Å². The van der Waals surface area contributed by atoms with Gasteiger partial charge in [0, 0.05) is 69.1 Å². The third-order valence-electron chi connectivity index (χ3n) is 11.5. The first-order valence-corrected chi connectivity index (χ1v) is 21.8. The molecule has 0 saturated heterocycles. The Morgan fingerprint density at radius 3 is 0.951 bits per heavy atom. The quantitative estimate of drug-likeness (QED) is 0.122. The van der Waals surface area contributed by atoms with E-state index in [1.54, 1.807) is 0 Å². The monoisotopic (exact) mass is 806 g/mol. The number of fused-ring (bicyclic) bond motifs is 3. The summed E-state index contributed by atoms with van der Waals surface area (Å²) in [6, 6.07) is 39.1. The van der Waals surface area contributed by atoms with E-state index in [2.05, 4.69) is 156 Å². The molecule has 7 heteroatoms. The second-order valence-electron chi connectivity index (χ2n) is 16.9. The molecule has 3 aromatic carbocycles. The van der Waals surface area contributed by atoms with Gasteiger partial charge in [-0.15, -0.1) is 0 Å². The molecule has 0 bridgehead atoms. The van der Waals surface area contributed by atoms with Crippen molar-refractivity contribution in [2.75, 3.05) is 4.90 Å². The molecule has 3 atom stereocenters. The van der Waals surface area contributed by atoms with Gasteiger partial charge in [-0.05, 0) is 132 Å². The first-order chi connectivity index (χ1) is 29.7. The summed E-state index contributed by atoms with van der Waals surface area (Å²) in [6.07, 6.45) is 15.3. The standard InChI is InChI=1S/C54H54N4O3/c1-34(2)59-49-28-25-43(52-46(49)10-7-31-55-52)37-13-19-40(20-14-37)58(41-21-15-38(16-22-41)44-26-29-50(60-35(3)4)47-11-8-32-56-53(44)47)42-23-17-39(18-24-42)45-27-30-51(61-36(5)6)48-12-9-33-57-54(45)48/h7-27,31-36,49-51H,28-30H2,1-6H3. The van der Waals surface area contributed by atoms with Crippen molar-refractivity contribution >= 4 is 33.8 Å². The van der Waals surface area contributed by atoms with E-state index in [0.717, 1.165) is 104 Å². The van der Waals surface area contributed by atoms with Crippen molar-refractivity contribution in [1.29, 1.82) is 0 Å². The SMILES string of the molecule is CC(C)OC1CC=C(c2ccc(N(c3ccc(C4=CCC(OC(C)C)c5cccnc54)cc3)c3ccc(C4=CCC(OC(C)C)c5cccnc54)cc3)cc2)c2ncccc21. The molecule has 3 aliphatic rings. The molecule has 0 spiro atoms. The van der Waals surface area contributed by atoms with Crippen LogP contribution in [0.1, 0.15) is 130 Å². The number of aromatic nitrogens is 3. The molecule has 3 aliphatic carbocycles. The maximum atomic E-state index is 6.30. The van der Waals surface area contributed by atoms with Crippen molar-refractivity contribution < 1.29 is 14.2 Å². The molecule has 9 rings (SSSR count). The highest BCUT2D eigenvalue weighted by atomic mass is 16.5. The Bertz CT molecular complexity index is 2300. The zero-order valence-electron chi connectivity index (χ0n) is 36.0. The van der Waals surface area contributed by atoms with Gasteiger partial charge in [0.05, 0.1) is 53.7 Å². The summed E-state index contributed by atoms with van der Waals surface area (Å²) in [5.41, 5.74) is 16.3. The smallest absolute Gasteiger partial charge is 0.0884 e. The first kappa shape index (κ1) is 40.4. The summed E-state index contributed by atoms with van der Waals surface area (Å²) >= 11 is 0. The summed E-state index contributed by atoms with van der Waals surface area (Å²) in [5, 5.41) is 0. The fourth-order valence-electron chi connectivity index (χ4n) is 9.01. The van der Waals surface area contributed by atoms with Crippen LogP contribution < -0.4 is 4.90 Å². The molecule has 0 amide bonds. The molecule has 0 saturated carbocycles. The second kappa shape index (κ2) is 17.5. The molecule has 3 unspecified atom stereocenters. The van der Waals surface area contributed by atoms with E-state index in [0.29, 0.717) is 0 Å². The maximum absolute atomic E-state index is 6.30. The van der Waals surface area contributed by atoms with E-state index in [4.69, 9.17) is 29.2 Å². The van der Waals surface area contributed by atoms with Crippen LogP contribution >= 0.6 is 0 Å². The zero-order valence-corrected chi connectivity index (χ0v) is 36.0. The Labute approximate surface area is 360 Å². The van der Waals surface area contributed by atoms with Crippen LogP contribution in [-0.4, -0.2) is 33.3 Å². The zero-order chi connectivity index (χ0) is 42.0. The lowest BCUT2D eigenvalue weighted by Crippen LogP contribution is -2.16. The van der Waals surface area contributed by atoms with E-state index in [-0.39, 0.29) is 36.6 Å². The van der Waals surface area contributed by atoms with E-state index in [1.807, 2.05) is 36.8 Å². The molecule has 0 fully saturated rings. The summed E-state index contributed by atoms with van der Waals surface area (Å²) in [5.74, 6) is 0. The lowest BCUT2D eigenvalue weighted by atomic mass is 9.88. The largest absolute Gasteiger partial charge is 0.370 e. The molecular formula is C54H54N4O3. The number of ether oxygens (including phenoxy) is 3. The van der Waals surface area contributed by atoms with Crippen molar-refractivity contribution in [3.05, 3.63) is 196 Å². The normalized spacial score (nSPS) is 18.2. The predicted molar refractivity (Wildman–Crippen MR) is 246 cm³/mol. The second-order valence-corrected chi connectivity index (χ2v) is 16.9. The Kier molecular flexibility index (Phi) is 11.6. The lowest BCUT2D eigenvalue weighted by Gasteiger charge is -2.29. The minimum absolute atomic E-state index is 0.0000253. The fraction of sp³-hybridized carbons (Fsp3) is 0.278. The van der Waals surface area contributed by atoms with Gasteiger partial charge in [0.2, 0.25) is 0 Å². The number of pyridine rings is 3. The molecular weight excluding hydrogens is 753 g/mol. The van der Waals surface area contributed by atoms with Crippen molar-refractivity contribution in [3.63, 3.8) is 0 Å². The van der Waals surface area contributed by atoms with Crippen molar-refractivity contribution in [2.45, 2.75) is 97.4 Å². The molecule has 3 heterocycles. The number of anilines is 3. The summed E-state index contributed by atoms with van der Waals surface area (Å²) < 4.78 is 18.9. The summed E-state index contributed by atoms with van der Waals surface area (Å²) in [6.45, 7) is 12.5. The van der Waals surface area contributed by atoms with Crippen LogP contribution in [0.5, 0.6) is 0 Å². The highest BCUT2D eigenvalue weighted by Crippen LogP contribution is 2.43. The van der Waals surface area contributed by atoms with Gasteiger partial charge in [-0.25, -0.2) is 0 Å². The number of nitrogens with zero attached hydrogens (tertiary/aromatic N) is 4. The van der Waals surface area contributed by atoms with Crippen LogP contribution in [0.4, 0.5) is 17.1 Å². The Morgan fingerprint density at radius 1 is 0.410 bits per heavy atom. The predicted octanol–water partition coefficient (Wildman–Crippen LogP) is 13.2. The van der Waals surface area contributed by atoms with Crippen molar-refractivity contribution in [1.82, 2.24) is 15.0 Å². The molecule has 7 nitrogen and oxygen atoms in total. The molecule has 0 aliphatic heterocycles. The van der Waals surface area contributed by atoms with Gasteiger partial charge in [-0.2, -0.15) is 0 Å². The van der Waals surface area contributed by atoms with Gasteiger partial charge in [0.15, 0.2) is 0 Å². The van der Waals surface area contributed by atoms with Crippen LogP contribution in [0.3, 0.4) is 0 Å². The molecule has 0 N–H and O–H groups in total. The third-order valence-corrected chi connectivity index (χ3v) is 11.5. The minimum Gasteiger partial charge on any atom is -0.370 e. The van der Waals surface area contributed by atoms with Gasteiger partial charge < -0.3 is 19.1 Å². The Hall–Kier alpha value is -5.99. The molecule has 0 radical (unpaired) electrons. The van der Waals surface area contributed by atoms with Gasteiger partial charge in [-0.3, -0.25) is 15.0 Å². The number of rotatable bonds is 12. The van der Waals surface area contributed by atoms with Gasteiger partial charge in [-0.1, -0.05) is 72.8 Å². The summed E-state index contributed by atoms with van der Waals surface area (Å²) in [7, 11) is 0. The van der Waals surface area contributed by atoms with E-state index >= 15 is 0 Å². The highest BCUT2D eigenvalue weighted by Gasteiger charge is 2.28. The van der Waals surface area contributed by atoms with Crippen LogP contribution in [-0.2, 0) is 14.2 Å². The van der Waals surface area contributed by atoms with Crippen LogP contribution in [0.15, 0.2) is 146 Å². The average molecular weight is 807 g/mol. The van der Waals surface area contributed by atoms with Crippen LogP contribution in [0.25, 0.3) is 16.7 Å².